The van der Waals surface area contributed by atoms with Gasteiger partial charge in [-0.05, 0) is 45.2 Å². The van der Waals surface area contributed by atoms with Crippen molar-refractivity contribution in [2.24, 2.45) is 0 Å². The summed E-state index contributed by atoms with van der Waals surface area (Å²) in [6.45, 7) is 7.65. The van der Waals surface area contributed by atoms with E-state index in [2.05, 4.69) is 12.1 Å². The molecule has 2 aromatic rings. The van der Waals surface area contributed by atoms with Crippen LogP contribution in [0.2, 0.25) is 0 Å². The van der Waals surface area contributed by atoms with E-state index in [0.29, 0.717) is 0 Å². The fourth-order valence-electron chi connectivity index (χ4n) is 3.61. The van der Waals surface area contributed by atoms with Crippen LogP contribution >= 0.6 is 7.60 Å². The summed E-state index contributed by atoms with van der Waals surface area (Å²) in [7, 11) is -3.37. The van der Waals surface area contributed by atoms with Gasteiger partial charge < -0.3 is 9.05 Å². The molecule has 3 rings (SSSR count). The zero-order valence-electron chi connectivity index (χ0n) is 15.4. The van der Waals surface area contributed by atoms with Crippen molar-refractivity contribution in [1.29, 1.82) is 0 Å². The second-order valence-corrected chi connectivity index (χ2v) is 9.48. The van der Waals surface area contributed by atoms with Gasteiger partial charge in [0.05, 0.1) is 12.2 Å². The van der Waals surface area contributed by atoms with Crippen molar-refractivity contribution in [2.75, 3.05) is 0 Å². The molecule has 134 valence electrons. The second-order valence-electron chi connectivity index (χ2n) is 7.26. The average Bonchev–Trinajstić information content (AvgIpc) is 3.32. The van der Waals surface area contributed by atoms with Gasteiger partial charge in [-0.25, -0.2) is 0 Å². The molecule has 0 unspecified atom stereocenters. The fourth-order valence-corrected chi connectivity index (χ4v) is 6.54. The van der Waals surface area contributed by atoms with Crippen molar-refractivity contribution in [3.63, 3.8) is 0 Å². The Labute approximate surface area is 150 Å². The van der Waals surface area contributed by atoms with E-state index in [-0.39, 0.29) is 18.1 Å². The normalized spacial score (nSPS) is 23.2. The third-order valence-electron chi connectivity index (χ3n) is 4.60. The van der Waals surface area contributed by atoms with E-state index in [9.17, 15) is 4.57 Å². The predicted molar refractivity (Wildman–Crippen MR) is 102 cm³/mol. The molecule has 0 radical (unpaired) electrons. The highest BCUT2D eigenvalue weighted by atomic mass is 31.2. The van der Waals surface area contributed by atoms with Crippen LogP contribution in [0.3, 0.4) is 0 Å². The van der Waals surface area contributed by atoms with Crippen molar-refractivity contribution >= 4 is 7.60 Å². The maximum atomic E-state index is 14.1. The highest BCUT2D eigenvalue weighted by Crippen LogP contribution is 2.82. The Morgan fingerprint density at radius 2 is 1.36 bits per heavy atom. The first-order valence-corrected chi connectivity index (χ1v) is 10.5. The molecule has 3 nitrogen and oxygen atoms in total. The predicted octanol–water partition coefficient (Wildman–Crippen LogP) is 6.11. The van der Waals surface area contributed by atoms with Gasteiger partial charge in [0.25, 0.3) is 0 Å². The smallest absolute Gasteiger partial charge is 0.305 e. The van der Waals surface area contributed by atoms with Crippen LogP contribution in [-0.4, -0.2) is 12.2 Å². The standard InChI is InChI=1S/C21H27O3P/c1-16(2)23-25(22,24-17(3)4)21(19-13-9-6-10-14-19)15-20(21)18-11-7-5-8-12-18/h5-14,16-17,20H,15H2,1-4H3/t20-,21-/m1/s1. The molecule has 2 atom stereocenters. The van der Waals surface area contributed by atoms with E-state index in [1.54, 1.807) is 0 Å². The van der Waals surface area contributed by atoms with Gasteiger partial charge in [0.1, 0.15) is 5.16 Å². The van der Waals surface area contributed by atoms with Crippen molar-refractivity contribution in [1.82, 2.24) is 0 Å². The largest absolute Gasteiger partial charge is 0.342 e. The van der Waals surface area contributed by atoms with Crippen molar-refractivity contribution in [2.45, 2.75) is 57.4 Å². The van der Waals surface area contributed by atoms with Crippen molar-refractivity contribution < 1.29 is 13.6 Å². The minimum absolute atomic E-state index is 0.138. The fraction of sp³-hybridized carbons (Fsp3) is 0.429. The summed E-state index contributed by atoms with van der Waals surface area (Å²) >= 11 is 0. The number of hydrogen-bond acceptors (Lipinski definition) is 3. The Morgan fingerprint density at radius 3 is 1.84 bits per heavy atom. The maximum Gasteiger partial charge on any atom is 0.342 e. The number of rotatable bonds is 7. The van der Waals surface area contributed by atoms with Gasteiger partial charge in [0, 0.05) is 5.92 Å². The highest BCUT2D eigenvalue weighted by molar-refractivity contribution is 7.55. The average molecular weight is 358 g/mol. The van der Waals surface area contributed by atoms with Gasteiger partial charge in [-0.3, -0.25) is 4.57 Å². The van der Waals surface area contributed by atoms with Crippen LogP contribution in [0.5, 0.6) is 0 Å². The Hall–Kier alpha value is -1.41. The van der Waals surface area contributed by atoms with Gasteiger partial charge in [0.2, 0.25) is 0 Å². The van der Waals surface area contributed by atoms with Crippen molar-refractivity contribution in [3.8, 4) is 0 Å². The molecule has 1 aliphatic carbocycles. The monoisotopic (exact) mass is 358 g/mol. The third kappa shape index (κ3) is 3.46. The van der Waals surface area contributed by atoms with Gasteiger partial charge in [-0.1, -0.05) is 60.7 Å². The topological polar surface area (TPSA) is 35.5 Å². The lowest BCUT2D eigenvalue weighted by molar-refractivity contribution is 0.134. The van der Waals surface area contributed by atoms with E-state index in [0.717, 1.165) is 12.0 Å². The quantitative estimate of drug-likeness (QED) is 0.560. The summed E-state index contributed by atoms with van der Waals surface area (Å²) in [5.74, 6) is 0.138. The molecule has 25 heavy (non-hydrogen) atoms. The molecule has 0 spiro atoms. The molecule has 0 heterocycles. The Balaban J connectivity index is 2.10. The molecule has 2 aromatic carbocycles. The Bertz CT molecular complexity index is 728. The highest BCUT2D eigenvalue weighted by Gasteiger charge is 2.69. The molecule has 0 N–H and O–H groups in total. The van der Waals surface area contributed by atoms with Crippen LogP contribution < -0.4 is 0 Å². The zero-order chi connectivity index (χ0) is 18.1. The lowest BCUT2D eigenvalue weighted by Crippen LogP contribution is -2.20. The van der Waals surface area contributed by atoms with E-state index >= 15 is 0 Å². The third-order valence-corrected chi connectivity index (χ3v) is 7.72. The SMILES string of the molecule is CC(C)OP(=O)(OC(C)C)[C@@]1(c2ccccc2)C[C@@H]1c1ccccc1. The maximum absolute atomic E-state index is 14.1. The Kier molecular flexibility index (Phi) is 5.20. The summed E-state index contributed by atoms with van der Waals surface area (Å²) in [5, 5.41) is -0.607. The first-order chi connectivity index (χ1) is 11.9. The molecule has 0 amide bonds. The zero-order valence-corrected chi connectivity index (χ0v) is 16.3. The minimum atomic E-state index is -3.37. The van der Waals surface area contributed by atoms with Crippen LogP contribution in [0.25, 0.3) is 0 Å². The van der Waals surface area contributed by atoms with Gasteiger partial charge in [-0.15, -0.1) is 0 Å². The minimum Gasteiger partial charge on any atom is -0.305 e. The van der Waals surface area contributed by atoms with Crippen molar-refractivity contribution in [3.05, 3.63) is 71.8 Å². The molecule has 1 fully saturated rings. The summed E-state index contributed by atoms with van der Waals surface area (Å²) < 4.78 is 26.1. The Morgan fingerprint density at radius 1 is 0.880 bits per heavy atom. The molecular weight excluding hydrogens is 331 g/mol. The summed E-state index contributed by atoms with van der Waals surface area (Å²) in [6, 6.07) is 20.3. The van der Waals surface area contributed by atoms with E-state index < -0.39 is 12.8 Å². The first kappa shape index (κ1) is 18.4. The lowest BCUT2D eigenvalue weighted by Gasteiger charge is -2.31. The summed E-state index contributed by atoms with van der Waals surface area (Å²) in [6.07, 6.45) is 0.446. The molecule has 1 saturated carbocycles. The van der Waals surface area contributed by atoms with Crippen LogP contribution in [0.15, 0.2) is 60.7 Å². The van der Waals surface area contributed by atoms with E-state index in [1.165, 1.54) is 5.56 Å². The summed E-state index contributed by atoms with van der Waals surface area (Å²) in [5.41, 5.74) is 2.22. The van der Waals surface area contributed by atoms with E-state index in [1.807, 2.05) is 76.2 Å². The van der Waals surface area contributed by atoms with Gasteiger partial charge >= 0.3 is 7.60 Å². The number of hydrogen-bond donors (Lipinski definition) is 0. The first-order valence-electron chi connectivity index (χ1n) is 8.96. The summed E-state index contributed by atoms with van der Waals surface area (Å²) in [4.78, 5) is 0. The molecule has 4 heteroatoms. The van der Waals surface area contributed by atoms with Crippen LogP contribution in [0, 0.1) is 0 Å². The molecule has 0 aliphatic heterocycles. The van der Waals surface area contributed by atoms with E-state index in [4.69, 9.17) is 9.05 Å². The molecule has 0 saturated heterocycles. The van der Waals surface area contributed by atoms with Gasteiger partial charge in [0.15, 0.2) is 0 Å². The second kappa shape index (κ2) is 7.07. The van der Waals surface area contributed by atoms with Crippen LogP contribution in [0.1, 0.15) is 51.2 Å². The lowest BCUT2D eigenvalue weighted by atomic mass is 10.0. The van der Waals surface area contributed by atoms with Gasteiger partial charge in [-0.2, -0.15) is 0 Å². The molecular formula is C21H27O3P. The number of benzene rings is 2. The van der Waals surface area contributed by atoms with Crippen LogP contribution in [-0.2, 0) is 18.8 Å². The molecule has 0 aromatic heterocycles. The van der Waals surface area contributed by atoms with Crippen LogP contribution in [0.4, 0.5) is 0 Å². The molecule has 0 bridgehead atoms. The molecule has 1 aliphatic rings.